The molecule has 2 aromatic rings. The van der Waals surface area contributed by atoms with Crippen LogP contribution in [0.1, 0.15) is 25.5 Å². The van der Waals surface area contributed by atoms with Gasteiger partial charge in [0.25, 0.3) is 0 Å². The first kappa shape index (κ1) is 18.3. The summed E-state index contributed by atoms with van der Waals surface area (Å²) in [6.07, 6.45) is 0. The molecule has 3 nitrogen and oxygen atoms in total. The van der Waals surface area contributed by atoms with Crippen molar-refractivity contribution in [2.45, 2.75) is 25.9 Å². The summed E-state index contributed by atoms with van der Waals surface area (Å²) in [6, 6.07) is 7.96. The Hall–Kier alpha value is -2.05. The molecular weight excluding hydrogens is 341 g/mol. The zero-order valence-corrected chi connectivity index (χ0v) is 13.8. The molecule has 24 heavy (non-hydrogen) atoms. The molecule has 0 aromatic heterocycles. The van der Waals surface area contributed by atoms with Crippen molar-refractivity contribution < 1.29 is 18.0 Å². The zero-order valence-electron chi connectivity index (χ0n) is 13.0. The maximum Gasteiger partial charge on any atom is 0.241 e. The molecule has 0 fully saturated rings. The van der Waals surface area contributed by atoms with E-state index in [0.717, 1.165) is 17.7 Å². The fourth-order valence-electron chi connectivity index (χ4n) is 2.19. The van der Waals surface area contributed by atoms with Crippen molar-refractivity contribution in [1.82, 2.24) is 5.32 Å². The molecule has 0 spiro atoms. The van der Waals surface area contributed by atoms with Crippen molar-refractivity contribution in [3.63, 3.8) is 0 Å². The second kappa shape index (κ2) is 7.68. The average Bonchev–Trinajstić information content (AvgIpc) is 2.55. The fraction of sp³-hybridized carbons (Fsp3) is 0.235. The second-order valence-electron chi connectivity index (χ2n) is 5.38. The Kier molecular flexibility index (Phi) is 5.85. The largest absolute Gasteiger partial charge is 0.322 e. The number of carbonyl (C=O) groups excluding carboxylic acids is 1. The van der Waals surface area contributed by atoms with Gasteiger partial charge in [0.15, 0.2) is 17.5 Å². The molecule has 128 valence electrons. The van der Waals surface area contributed by atoms with E-state index in [1.165, 1.54) is 0 Å². The van der Waals surface area contributed by atoms with Gasteiger partial charge in [0.1, 0.15) is 0 Å². The minimum absolute atomic E-state index is 0.195. The SMILES string of the molecule is C[C@H](N[C@H](C)c1cccc(Cl)c1)C(=O)Nc1ccc(F)c(F)c1F. The highest BCUT2D eigenvalue weighted by Gasteiger charge is 2.20. The molecule has 1 amide bonds. The van der Waals surface area contributed by atoms with E-state index in [2.05, 4.69) is 10.6 Å². The van der Waals surface area contributed by atoms with Gasteiger partial charge in [-0.1, -0.05) is 23.7 Å². The Morgan fingerprint density at radius 2 is 1.79 bits per heavy atom. The molecule has 2 atom stereocenters. The lowest BCUT2D eigenvalue weighted by Gasteiger charge is -2.20. The maximum absolute atomic E-state index is 13.6. The molecule has 0 unspecified atom stereocenters. The molecule has 0 saturated heterocycles. The van der Waals surface area contributed by atoms with E-state index in [1.807, 2.05) is 13.0 Å². The number of halogens is 4. The van der Waals surface area contributed by atoms with Gasteiger partial charge in [0.05, 0.1) is 11.7 Å². The molecule has 0 bridgehead atoms. The van der Waals surface area contributed by atoms with Crippen molar-refractivity contribution in [2.24, 2.45) is 0 Å². The topological polar surface area (TPSA) is 41.1 Å². The van der Waals surface area contributed by atoms with Crippen LogP contribution in [0.3, 0.4) is 0 Å². The number of hydrogen-bond acceptors (Lipinski definition) is 2. The van der Waals surface area contributed by atoms with E-state index in [1.54, 1.807) is 25.1 Å². The first-order valence-corrected chi connectivity index (χ1v) is 7.63. The van der Waals surface area contributed by atoms with Crippen molar-refractivity contribution in [3.05, 3.63) is 64.4 Å². The molecule has 0 aliphatic rings. The lowest BCUT2D eigenvalue weighted by Crippen LogP contribution is -2.39. The average molecular weight is 357 g/mol. The molecule has 2 N–H and O–H groups in total. The van der Waals surface area contributed by atoms with Gasteiger partial charge in [0.2, 0.25) is 5.91 Å². The number of nitrogens with one attached hydrogen (secondary N) is 2. The summed E-state index contributed by atoms with van der Waals surface area (Å²) in [6.45, 7) is 3.42. The molecule has 0 aliphatic heterocycles. The third-order valence-corrected chi connectivity index (χ3v) is 3.77. The summed E-state index contributed by atoms with van der Waals surface area (Å²) in [4.78, 5) is 12.1. The van der Waals surface area contributed by atoms with E-state index < -0.39 is 35.1 Å². The van der Waals surface area contributed by atoms with Gasteiger partial charge in [-0.05, 0) is 43.7 Å². The third kappa shape index (κ3) is 4.27. The van der Waals surface area contributed by atoms with Gasteiger partial charge in [-0.15, -0.1) is 0 Å². The zero-order chi connectivity index (χ0) is 17.9. The molecule has 2 rings (SSSR count). The molecule has 2 aromatic carbocycles. The lowest BCUT2D eigenvalue weighted by molar-refractivity contribution is -0.118. The molecular formula is C17H16ClF3N2O. The molecule has 0 saturated carbocycles. The molecule has 0 aliphatic carbocycles. The van der Waals surface area contributed by atoms with Crippen LogP contribution in [0.25, 0.3) is 0 Å². The van der Waals surface area contributed by atoms with Gasteiger partial charge in [0, 0.05) is 11.1 Å². The lowest BCUT2D eigenvalue weighted by atomic mass is 10.1. The van der Waals surface area contributed by atoms with Crippen LogP contribution >= 0.6 is 11.6 Å². The minimum Gasteiger partial charge on any atom is -0.322 e. The van der Waals surface area contributed by atoms with Crippen LogP contribution in [0, 0.1) is 17.5 Å². The quantitative estimate of drug-likeness (QED) is 0.778. The van der Waals surface area contributed by atoms with Gasteiger partial charge >= 0.3 is 0 Å². The van der Waals surface area contributed by atoms with Gasteiger partial charge in [-0.3, -0.25) is 10.1 Å². The first-order valence-electron chi connectivity index (χ1n) is 7.25. The van der Waals surface area contributed by atoms with Crippen LogP contribution in [0.15, 0.2) is 36.4 Å². The summed E-state index contributed by atoms with van der Waals surface area (Å²) in [5.74, 6) is -4.95. The van der Waals surface area contributed by atoms with Crippen molar-refractivity contribution in [3.8, 4) is 0 Å². The highest BCUT2D eigenvalue weighted by molar-refractivity contribution is 6.30. The monoisotopic (exact) mass is 356 g/mol. The number of benzene rings is 2. The maximum atomic E-state index is 13.6. The summed E-state index contributed by atoms with van der Waals surface area (Å²) >= 11 is 5.93. The van der Waals surface area contributed by atoms with Gasteiger partial charge in [-0.2, -0.15) is 0 Å². The van der Waals surface area contributed by atoms with E-state index >= 15 is 0 Å². The molecule has 0 radical (unpaired) electrons. The van der Waals surface area contributed by atoms with Crippen LogP contribution in [-0.2, 0) is 4.79 Å². The predicted octanol–water partition coefficient (Wildman–Crippen LogP) is 4.44. The Labute approximate surface area is 142 Å². The van der Waals surface area contributed by atoms with E-state index in [0.29, 0.717) is 5.02 Å². The van der Waals surface area contributed by atoms with Crippen molar-refractivity contribution in [2.75, 3.05) is 5.32 Å². The van der Waals surface area contributed by atoms with E-state index in [-0.39, 0.29) is 6.04 Å². The normalized spacial score (nSPS) is 13.4. The summed E-state index contributed by atoms with van der Waals surface area (Å²) in [5.41, 5.74) is 0.462. The van der Waals surface area contributed by atoms with Crippen molar-refractivity contribution in [1.29, 1.82) is 0 Å². The Morgan fingerprint density at radius 1 is 1.08 bits per heavy atom. The Morgan fingerprint density at radius 3 is 2.46 bits per heavy atom. The number of carbonyl (C=O) groups is 1. The fourth-order valence-corrected chi connectivity index (χ4v) is 2.38. The standard InChI is InChI=1S/C17H16ClF3N2O/c1-9(11-4-3-5-12(18)8-11)22-10(2)17(24)23-14-7-6-13(19)15(20)16(14)21/h3-10,22H,1-2H3,(H,23,24)/t9-,10+/m1/s1. The Balaban J connectivity index is 2.03. The van der Waals surface area contributed by atoms with E-state index in [9.17, 15) is 18.0 Å². The summed E-state index contributed by atoms with van der Waals surface area (Å²) in [7, 11) is 0. The van der Waals surface area contributed by atoms with Gasteiger partial charge in [-0.25, -0.2) is 13.2 Å². The molecule has 7 heteroatoms. The number of anilines is 1. The number of amides is 1. The van der Waals surface area contributed by atoms with Crippen LogP contribution in [0.5, 0.6) is 0 Å². The van der Waals surface area contributed by atoms with Crippen LogP contribution in [0.2, 0.25) is 5.02 Å². The highest BCUT2D eigenvalue weighted by atomic mass is 35.5. The molecule has 0 heterocycles. The second-order valence-corrected chi connectivity index (χ2v) is 5.81. The predicted molar refractivity (Wildman–Crippen MR) is 87.4 cm³/mol. The third-order valence-electron chi connectivity index (χ3n) is 3.54. The summed E-state index contributed by atoms with van der Waals surface area (Å²) < 4.78 is 39.7. The van der Waals surface area contributed by atoms with Crippen LogP contribution in [-0.4, -0.2) is 11.9 Å². The number of rotatable bonds is 5. The first-order chi connectivity index (χ1) is 11.3. The van der Waals surface area contributed by atoms with Crippen LogP contribution < -0.4 is 10.6 Å². The minimum atomic E-state index is -1.62. The Bertz CT molecular complexity index is 755. The van der Waals surface area contributed by atoms with Crippen LogP contribution in [0.4, 0.5) is 18.9 Å². The number of hydrogen-bond donors (Lipinski definition) is 2. The highest BCUT2D eigenvalue weighted by Crippen LogP contribution is 2.21. The smallest absolute Gasteiger partial charge is 0.241 e. The van der Waals surface area contributed by atoms with Gasteiger partial charge < -0.3 is 5.32 Å². The van der Waals surface area contributed by atoms with Crippen molar-refractivity contribution >= 4 is 23.2 Å². The summed E-state index contributed by atoms with van der Waals surface area (Å²) in [5, 5.41) is 5.84. The van der Waals surface area contributed by atoms with E-state index in [4.69, 9.17) is 11.6 Å².